The van der Waals surface area contributed by atoms with E-state index >= 15 is 0 Å². The van der Waals surface area contributed by atoms with E-state index in [2.05, 4.69) is 15.9 Å². The van der Waals surface area contributed by atoms with Crippen molar-refractivity contribution in [2.45, 2.75) is 5.92 Å². The van der Waals surface area contributed by atoms with Crippen LogP contribution in [-0.4, -0.2) is 6.54 Å². The molecule has 0 aliphatic rings. The standard InChI is InChI=1S/C8H7BrClF2N/c9-6-3-5(1-2-7(6)10)8(11,12)4-13/h1-3H,4,13H2. The van der Waals surface area contributed by atoms with Gasteiger partial charge in [0.1, 0.15) is 0 Å². The summed E-state index contributed by atoms with van der Waals surface area (Å²) < 4.78 is 26.5. The summed E-state index contributed by atoms with van der Waals surface area (Å²) in [6, 6.07) is 3.94. The van der Waals surface area contributed by atoms with Crippen LogP contribution in [0.15, 0.2) is 22.7 Å². The monoisotopic (exact) mass is 269 g/mol. The van der Waals surface area contributed by atoms with E-state index < -0.39 is 12.5 Å². The van der Waals surface area contributed by atoms with Crippen LogP contribution in [0.2, 0.25) is 5.02 Å². The molecule has 5 heteroatoms. The summed E-state index contributed by atoms with van der Waals surface area (Å²) in [5, 5.41) is 0.400. The van der Waals surface area contributed by atoms with E-state index in [0.29, 0.717) is 9.50 Å². The van der Waals surface area contributed by atoms with Gasteiger partial charge in [-0.15, -0.1) is 0 Å². The molecule has 0 aliphatic heterocycles. The van der Waals surface area contributed by atoms with Gasteiger partial charge in [-0.3, -0.25) is 0 Å². The van der Waals surface area contributed by atoms with Crippen LogP contribution in [0.25, 0.3) is 0 Å². The second-order valence-electron chi connectivity index (χ2n) is 2.54. The van der Waals surface area contributed by atoms with Crippen LogP contribution < -0.4 is 5.73 Å². The summed E-state index contributed by atoms with van der Waals surface area (Å²) in [7, 11) is 0. The van der Waals surface area contributed by atoms with Crippen LogP contribution in [0.3, 0.4) is 0 Å². The van der Waals surface area contributed by atoms with Gasteiger partial charge in [-0.1, -0.05) is 17.7 Å². The van der Waals surface area contributed by atoms with Crippen LogP contribution >= 0.6 is 27.5 Å². The molecule has 2 N–H and O–H groups in total. The van der Waals surface area contributed by atoms with E-state index in [1.165, 1.54) is 18.2 Å². The molecule has 1 nitrogen and oxygen atoms in total. The molecule has 0 atom stereocenters. The first-order chi connectivity index (χ1) is 5.97. The largest absolute Gasteiger partial charge is 0.325 e. The Morgan fingerprint density at radius 1 is 1.46 bits per heavy atom. The van der Waals surface area contributed by atoms with Crippen molar-refractivity contribution in [1.29, 1.82) is 0 Å². The predicted molar refractivity (Wildman–Crippen MR) is 52.1 cm³/mol. The zero-order chi connectivity index (χ0) is 10.1. The molecule has 0 spiro atoms. The van der Waals surface area contributed by atoms with Crippen LogP contribution in [0, 0.1) is 0 Å². The van der Waals surface area contributed by atoms with Gasteiger partial charge >= 0.3 is 0 Å². The number of hydrogen-bond donors (Lipinski definition) is 1. The van der Waals surface area contributed by atoms with Crippen LogP contribution in [-0.2, 0) is 5.92 Å². The molecule has 1 aromatic rings. The van der Waals surface area contributed by atoms with Crippen molar-refractivity contribution < 1.29 is 8.78 Å². The van der Waals surface area contributed by atoms with Crippen molar-refractivity contribution in [2.24, 2.45) is 5.73 Å². The molecule has 0 unspecified atom stereocenters. The second kappa shape index (κ2) is 3.90. The van der Waals surface area contributed by atoms with Gasteiger partial charge in [0.25, 0.3) is 5.92 Å². The van der Waals surface area contributed by atoms with E-state index in [0.717, 1.165) is 0 Å². The van der Waals surface area contributed by atoms with Crippen molar-refractivity contribution >= 4 is 27.5 Å². The van der Waals surface area contributed by atoms with Gasteiger partial charge < -0.3 is 5.73 Å². The van der Waals surface area contributed by atoms with E-state index in [1.54, 1.807) is 0 Å². The van der Waals surface area contributed by atoms with Crippen molar-refractivity contribution in [1.82, 2.24) is 0 Å². The first-order valence-corrected chi connectivity index (χ1v) is 4.68. The molecular formula is C8H7BrClF2N. The van der Waals surface area contributed by atoms with Gasteiger partial charge in [0.2, 0.25) is 0 Å². The number of nitrogens with two attached hydrogens (primary N) is 1. The van der Waals surface area contributed by atoms with E-state index in [1.807, 2.05) is 0 Å². The molecule has 0 amide bonds. The SMILES string of the molecule is NCC(F)(F)c1ccc(Cl)c(Br)c1. The Labute approximate surface area is 88.0 Å². The lowest BCUT2D eigenvalue weighted by atomic mass is 10.1. The highest BCUT2D eigenvalue weighted by Crippen LogP contribution is 2.31. The minimum Gasteiger partial charge on any atom is -0.325 e. The van der Waals surface area contributed by atoms with Crippen molar-refractivity contribution in [3.63, 3.8) is 0 Å². The molecule has 72 valence electrons. The first-order valence-electron chi connectivity index (χ1n) is 3.51. The van der Waals surface area contributed by atoms with E-state index in [-0.39, 0.29) is 5.56 Å². The Morgan fingerprint density at radius 2 is 2.08 bits per heavy atom. The maximum atomic E-state index is 13.0. The number of hydrogen-bond acceptors (Lipinski definition) is 1. The lowest BCUT2D eigenvalue weighted by Gasteiger charge is -2.14. The zero-order valence-corrected chi connectivity index (χ0v) is 8.87. The fourth-order valence-electron chi connectivity index (χ4n) is 0.841. The van der Waals surface area contributed by atoms with Crippen molar-refractivity contribution in [3.05, 3.63) is 33.3 Å². The summed E-state index contributed by atoms with van der Waals surface area (Å²) >= 11 is 8.71. The highest BCUT2D eigenvalue weighted by atomic mass is 79.9. The quantitative estimate of drug-likeness (QED) is 0.878. The first kappa shape index (κ1) is 10.9. The third kappa shape index (κ3) is 2.39. The molecule has 0 aliphatic carbocycles. The smallest absolute Gasteiger partial charge is 0.285 e. The molecule has 0 bridgehead atoms. The normalized spacial score (nSPS) is 11.8. The average Bonchev–Trinajstić information content (AvgIpc) is 2.09. The molecular weight excluding hydrogens is 263 g/mol. The Balaban J connectivity index is 3.10. The maximum absolute atomic E-state index is 13.0. The molecule has 13 heavy (non-hydrogen) atoms. The second-order valence-corrected chi connectivity index (χ2v) is 3.80. The van der Waals surface area contributed by atoms with Crippen LogP contribution in [0.5, 0.6) is 0 Å². The number of benzene rings is 1. The van der Waals surface area contributed by atoms with Crippen molar-refractivity contribution in [2.75, 3.05) is 6.54 Å². The number of halogens is 4. The molecule has 0 radical (unpaired) electrons. The highest BCUT2D eigenvalue weighted by Gasteiger charge is 2.29. The third-order valence-electron chi connectivity index (χ3n) is 1.60. The summed E-state index contributed by atoms with van der Waals surface area (Å²) in [5.41, 5.74) is 4.80. The van der Waals surface area contributed by atoms with Crippen LogP contribution in [0.4, 0.5) is 8.78 Å². The Bertz CT molecular complexity index is 317. The molecule has 1 rings (SSSR count). The Morgan fingerprint density at radius 3 is 2.54 bits per heavy atom. The van der Waals surface area contributed by atoms with Gasteiger partial charge in [-0.2, -0.15) is 8.78 Å². The molecule has 1 aromatic carbocycles. The van der Waals surface area contributed by atoms with Crippen molar-refractivity contribution in [3.8, 4) is 0 Å². The van der Waals surface area contributed by atoms with Crippen LogP contribution in [0.1, 0.15) is 5.56 Å². The van der Waals surface area contributed by atoms with Gasteiger partial charge in [-0.05, 0) is 28.1 Å². The Kier molecular flexibility index (Phi) is 3.27. The zero-order valence-electron chi connectivity index (χ0n) is 6.53. The lowest BCUT2D eigenvalue weighted by Crippen LogP contribution is -2.24. The molecule has 0 heterocycles. The molecule has 0 aromatic heterocycles. The molecule has 0 saturated carbocycles. The molecule has 0 fully saturated rings. The summed E-state index contributed by atoms with van der Waals surface area (Å²) in [6.07, 6.45) is 0. The van der Waals surface area contributed by atoms with Gasteiger partial charge in [0.05, 0.1) is 11.6 Å². The van der Waals surface area contributed by atoms with E-state index in [9.17, 15) is 8.78 Å². The maximum Gasteiger partial charge on any atom is 0.285 e. The van der Waals surface area contributed by atoms with Gasteiger partial charge in [-0.25, -0.2) is 0 Å². The van der Waals surface area contributed by atoms with Gasteiger partial charge in [0, 0.05) is 10.0 Å². The summed E-state index contributed by atoms with van der Waals surface area (Å²) in [4.78, 5) is 0. The minimum absolute atomic E-state index is 0.133. The van der Waals surface area contributed by atoms with Gasteiger partial charge in [0.15, 0.2) is 0 Å². The third-order valence-corrected chi connectivity index (χ3v) is 2.81. The minimum atomic E-state index is -2.99. The summed E-state index contributed by atoms with van der Waals surface area (Å²) in [6.45, 7) is -0.707. The average molecular weight is 271 g/mol. The number of alkyl halides is 2. The fraction of sp³-hybridized carbons (Fsp3) is 0.250. The Hall–Kier alpha value is -0.190. The molecule has 0 saturated heterocycles. The summed E-state index contributed by atoms with van der Waals surface area (Å²) in [5.74, 6) is -2.99. The predicted octanol–water partition coefficient (Wildman–Crippen LogP) is 3.15. The number of rotatable bonds is 2. The highest BCUT2D eigenvalue weighted by molar-refractivity contribution is 9.10. The van der Waals surface area contributed by atoms with E-state index in [4.69, 9.17) is 17.3 Å². The fourth-order valence-corrected chi connectivity index (χ4v) is 1.34. The lowest BCUT2D eigenvalue weighted by molar-refractivity contribution is 0.00590. The topological polar surface area (TPSA) is 26.0 Å².